The number of halogens is 1. The van der Waals surface area contributed by atoms with E-state index in [1.807, 2.05) is 0 Å². The average Bonchev–Trinajstić information content (AvgIpc) is 3.46. The van der Waals surface area contributed by atoms with Crippen molar-refractivity contribution in [3.05, 3.63) is 27.2 Å². The van der Waals surface area contributed by atoms with Crippen molar-refractivity contribution in [1.29, 1.82) is 0 Å². The number of carboxylic acids is 1. The largest absolute Gasteiger partial charge is 1.00 e. The Kier molecular flexibility index (Phi) is 9.00. The van der Waals surface area contributed by atoms with Crippen LogP contribution in [0.15, 0.2) is 31.0 Å². The van der Waals surface area contributed by atoms with Gasteiger partial charge in [0, 0.05) is 10.3 Å². The van der Waals surface area contributed by atoms with E-state index in [1.165, 1.54) is 22.2 Å². The van der Waals surface area contributed by atoms with Gasteiger partial charge in [-0.1, -0.05) is 28.3 Å². The van der Waals surface area contributed by atoms with Crippen LogP contribution < -0.4 is 45.7 Å². The number of carboxylic acid groups (broad SMARTS) is 1. The first kappa shape index (κ1) is 26.5. The number of oxime groups is 1. The van der Waals surface area contributed by atoms with E-state index in [1.54, 1.807) is 0 Å². The number of amides is 2. The SMILES string of the molecule is Nc1nc(/C(=N\OCCF)C(=O)N[C@@H]2C(=O)N3C(C(=O)[O-])=C(Sc4nncs4)CC[C@H]23)cs1.[Na+]. The molecule has 4 rings (SSSR count). The summed E-state index contributed by atoms with van der Waals surface area (Å²) in [7, 11) is 0. The number of nitrogens with one attached hydrogen (secondary N) is 1. The van der Waals surface area contributed by atoms with Crippen molar-refractivity contribution in [3.63, 3.8) is 0 Å². The molecule has 1 saturated heterocycles. The molecule has 12 nitrogen and oxygen atoms in total. The molecule has 2 aliphatic heterocycles. The number of thiazole rings is 1. The number of thioether (sulfide) groups is 1. The molecule has 0 aromatic carbocycles. The van der Waals surface area contributed by atoms with Crippen molar-refractivity contribution in [2.24, 2.45) is 5.16 Å². The van der Waals surface area contributed by atoms with Gasteiger partial charge in [0.1, 0.15) is 30.5 Å². The number of aromatic nitrogens is 3. The number of carbonyl (C=O) groups is 3. The van der Waals surface area contributed by atoms with Crippen molar-refractivity contribution in [2.75, 3.05) is 19.0 Å². The smallest absolute Gasteiger partial charge is 0.543 e. The second-order valence-electron chi connectivity index (χ2n) is 6.66. The fourth-order valence-corrected chi connectivity index (χ4v) is 5.63. The third-order valence-corrected chi connectivity index (χ3v) is 7.32. The molecule has 1 fully saturated rings. The number of anilines is 1. The van der Waals surface area contributed by atoms with Crippen LogP contribution in [0.5, 0.6) is 0 Å². The second-order valence-corrected chi connectivity index (χ2v) is 9.73. The third-order valence-electron chi connectivity index (χ3n) is 4.73. The summed E-state index contributed by atoms with van der Waals surface area (Å²) < 4.78 is 12.9. The molecule has 0 aliphatic carbocycles. The number of carbonyl (C=O) groups excluding carboxylic acids is 3. The topological polar surface area (TPSA) is 176 Å². The van der Waals surface area contributed by atoms with Gasteiger partial charge in [-0.25, -0.2) is 9.37 Å². The van der Waals surface area contributed by atoms with Crippen LogP contribution in [0.3, 0.4) is 0 Å². The van der Waals surface area contributed by atoms with Crippen LogP contribution in [-0.4, -0.2) is 68.9 Å². The van der Waals surface area contributed by atoms with Crippen molar-refractivity contribution in [2.45, 2.75) is 29.3 Å². The maximum absolute atomic E-state index is 12.8. The molecule has 2 aromatic heterocycles. The Hall–Kier alpha value is -2.11. The van der Waals surface area contributed by atoms with E-state index >= 15 is 0 Å². The van der Waals surface area contributed by atoms with Crippen molar-refractivity contribution in [3.8, 4) is 0 Å². The Morgan fingerprint density at radius 1 is 1.44 bits per heavy atom. The molecule has 0 saturated carbocycles. The minimum Gasteiger partial charge on any atom is -0.543 e. The molecule has 2 atom stereocenters. The molecular formula is C17H15FN7NaO5S3. The number of nitrogen functional groups attached to an aromatic ring is 1. The number of β-lactam (4-membered cyclic amide) rings is 1. The van der Waals surface area contributed by atoms with E-state index in [9.17, 15) is 23.9 Å². The number of rotatable bonds is 9. The van der Waals surface area contributed by atoms with Crippen molar-refractivity contribution < 1.29 is 58.3 Å². The number of hydrogen-bond donors (Lipinski definition) is 2. The summed E-state index contributed by atoms with van der Waals surface area (Å²) in [4.78, 5) is 47.8. The number of hydrogen-bond acceptors (Lipinski definition) is 13. The maximum Gasteiger partial charge on any atom is 1.00 e. The van der Waals surface area contributed by atoms with E-state index in [0.29, 0.717) is 22.1 Å². The Morgan fingerprint density at radius 3 is 2.85 bits per heavy atom. The zero-order chi connectivity index (χ0) is 23.5. The summed E-state index contributed by atoms with van der Waals surface area (Å²) in [6.07, 6.45) is 0.751. The van der Waals surface area contributed by atoms with Gasteiger partial charge < -0.3 is 30.7 Å². The molecule has 2 aromatic rings. The maximum atomic E-state index is 12.8. The predicted molar refractivity (Wildman–Crippen MR) is 115 cm³/mol. The van der Waals surface area contributed by atoms with Crippen LogP contribution >= 0.6 is 34.4 Å². The van der Waals surface area contributed by atoms with Crippen LogP contribution in [0.25, 0.3) is 0 Å². The standard InChI is InChI=1S/C17H16FN7O5S3.Na/c18-3-4-30-24-10(7-5-31-16(19)21-7)13(26)22-11-8-1-2-9(33-17-23-20-6-32-17)12(15(28)29)25(8)14(11)27;/h5-6,8,11H,1-4H2,(H2,19,21)(H,22,26)(H,28,29);/q;+1/p-1/b24-10+;/t8-,11+;/m1./s1. The van der Waals surface area contributed by atoms with Gasteiger partial charge in [0.15, 0.2) is 15.2 Å². The monoisotopic (exact) mass is 535 g/mol. The Labute approximate surface area is 226 Å². The quantitative estimate of drug-likeness (QED) is 0.108. The molecule has 34 heavy (non-hydrogen) atoms. The summed E-state index contributed by atoms with van der Waals surface area (Å²) in [5.74, 6) is -2.89. The first-order valence-electron chi connectivity index (χ1n) is 9.40. The van der Waals surface area contributed by atoms with E-state index < -0.39 is 36.5 Å². The molecule has 4 heterocycles. The van der Waals surface area contributed by atoms with Gasteiger partial charge in [-0.15, -0.1) is 21.5 Å². The van der Waals surface area contributed by atoms with Crippen LogP contribution in [0, 0.1) is 0 Å². The molecule has 0 unspecified atom stereocenters. The van der Waals surface area contributed by atoms with Gasteiger partial charge in [0.25, 0.3) is 11.8 Å². The van der Waals surface area contributed by atoms with Gasteiger partial charge in [-0.2, -0.15) is 0 Å². The molecule has 17 heteroatoms. The van der Waals surface area contributed by atoms with Gasteiger partial charge in [0.05, 0.1) is 17.7 Å². The van der Waals surface area contributed by atoms with E-state index in [-0.39, 0.29) is 58.4 Å². The fourth-order valence-electron chi connectivity index (χ4n) is 3.39. The molecule has 0 spiro atoms. The number of nitrogens with zero attached hydrogens (tertiary/aromatic N) is 5. The molecule has 0 bridgehead atoms. The zero-order valence-corrected chi connectivity index (χ0v) is 22.0. The molecule has 0 radical (unpaired) electrons. The average molecular weight is 536 g/mol. The Balaban J connectivity index is 0.00000324. The van der Waals surface area contributed by atoms with E-state index in [4.69, 9.17) is 10.6 Å². The fraction of sp³-hybridized carbons (Fsp3) is 0.353. The van der Waals surface area contributed by atoms with E-state index in [0.717, 1.165) is 28.0 Å². The minimum atomic E-state index is -1.50. The first-order chi connectivity index (χ1) is 15.9. The van der Waals surface area contributed by atoms with Gasteiger partial charge >= 0.3 is 29.6 Å². The number of aliphatic carboxylic acids is 1. The van der Waals surface area contributed by atoms with Crippen LogP contribution in [-0.2, 0) is 19.2 Å². The molecule has 174 valence electrons. The Morgan fingerprint density at radius 2 is 2.24 bits per heavy atom. The summed E-state index contributed by atoms with van der Waals surface area (Å²) >= 11 is 3.42. The van der Waals surface area contributed by atoms with Gasteiger partial charge in [0.2, 0.25) is 0 Å². The summed E-state index contributed by atoms with van der Waals surface area (Å²) in [6, 6.07) is -1.57. The third kappa shape index (κ3) is 5.41. The van der Waals surface area contributed by atoms with Crippen molar-refractivity contribution in [1.82, 2.24) is 25.4 Å². The van der Waals surface area contributed by atoms with Gasteiger partial charge in [-0.05, 0) is 12.8 Å². The Bertz CT molecular complexity index is 1140. The first-order valence-corrected chi connectivity index (χ1v) is 12.0. The number of fused-ring (bicyclic) bond motifs is 1. The number of alkyl halides is 1. The summed E-state index contributed by atoms with van der Waals surface area (Å²) in [5.41, 5.74) is 6.71. The number of nitrogens with two attached hydrogens (primary N) is 1. The number of allylic oxidation sites excluding steroid dienone is 1. The minimum absolute atomic E-state index is 0. The summed E-state index contributed by atoms with van der Waals surface area (Å²) in [6.45, 7) is -1.19. The second kappa shape index (κ2) is 11.5. The van der Waals surface area contributed by atoms with Gasteiger partial charge in [-0.3, -0.25) is 9.59 Å². The molecular weight excluding hydrogens is 520 g/mol. The molecule has 2 amide bonds. The van der Waals surface area contributed by atoms with E-state index in [2.05, 4.69) is 25.7 Å². The zero-order valence-electron chi connectivity index (χ0n) is 17.6. The molecule has 2 aliphatic rings. The normalized spacial score (nSPS) is 19.7. The van der Waals surface area contributed by atoms with Crippen LogP contribution in [0.1, 0.15) is 18.5 Å². The molecule has 3 N–H and O–H groups in total. The van der Waals surface area contributed by atoms with Crippen LogP contribution in [0.2, 0.25) is 0 Å². The predicted octanol–water partition coefficient (Wildman–Crippen LogP) is -3.49. The van der Waals surface area contributed by atoms with Crippen LogP contribution in [0.4, 0.5) is 9.52 Å². The van der Waals surface area contributed by atoms with Crippen molar-refractivity contribution >= 4 is 63.1 Å². The summed E-state index contributed by atoms with van der Waals surface area (Å²) in [5, 5.41) is 27.2.